The predicted molar refractivity (Wildman–Crippen MR) is 95.2 cm³/mol. The molecule has 2 rings (SSSR count). The van der Waals surface area contributed by atoms with Crippen LogP contribution in [0, 0.1) is 12.8 Å². The summed E-state index contributed by atoms with van der Waals surface area (Å²) in [5, 5.41) is 6.83. The van der Waals surface area contributed by atoms with Crippen molar-refractivity contribution in [3.05, 3.63) is 28.8 Å². The summed E-state index contributed by atoms with van der Waals surface area (Å²) >= 11 is 5.97. The zero-order chi connectivity index (χ0) is 15.2. The van der Waals surface area contributed by atoms with E-state index < -0.39 is 0 Å². The van der Waals surface area contributed by atoms with Crippen molar-refractivity contribution in [1.29, 1.82) is 0 Å². The molecule has 1 aromatic rings. The van der Waals surface area contributed by atoms with E-state index in [1.807, 2.05) is 26.1 Å². The SMILES string of the molecule is CNCC1CCN(CC(=O)Nc2cc(Cl)ccc2C)CC1.Cl. The molecular formula is C16H25Cl2N3O. The topological polar surface area (TPSA) is 44.4 Å². The fourth-order valence-corrected chi connectivity index (χ4v) is 2.93. The largest absolute Gasteiger partial charge is 0.325 e. The average molecular weight is 346 g/mol. The number of benzene rings is 1. The van der Waals surface area contributed by atoms with E-state index in [9.17, 15) is 4.79 Å². The summed E-state index contributed by atoms with van der Waals surface area (Å²) in [4.78, 5) is 14.4. The Morgan fingerprint density at radius 1 is 1.36 bits per heavy atom. The number of nitrogens with zero attached hydrogens (tertiary/aromatic N) is 1. The molecule has 0 radical (unpaired) electrons. The Bertz CT molecular complexity index is 488. The van der Waals surface area contributed by atoms with Crippen LogP contribution in [-0.4, -0.2) is 44.0 Å². The number of piperidine rings is 1. The van der Waals surface area contributed by atoms with Gasteiger partial charge in [0.25, 0.3) is 0 Å². The molecule has 0 aromatic heterocycles. The van der Waals surface area contributed by atoms with E-state index in [-0.39, 0.29) is 18.3 Å². The lowest BCUT2D eigenvalue weighted by Crippen LogP contribution is -2.40. The maximum atomic E-state index is 12.1. The van der Waals surface area contributed by atoms with Crippen molar-refractivity contribution < 1.29 is 4.79 Å². The van der Waals surface area contributed by atoms with E-state index >= 15 is 0 Å². The van der Waals surface area contributed by atoms with E-state index in [0.29, 0.717) is 11.6 Å². The molecule has 1 aliphatic heterocycles. The van der Waals surface area contributed by atoms with Crippen LogP contribution in [0.25, 0.3) is 0 Å². The third-order valence-electron chi connectivity index (χ3n) is 4.04. The molecule has 1 fully saturated rings. The standard InChI is InChI=1S/C16H24ClN3O.ClH/c1-12-3-4-14(17)9-15(12)19-16(21)11-20-7-5-13(6-8-20)10-18-2;/h3-4,9,13,18H,5-8,10-11H2,1-2H3,(H,19,21);1H. The van der Waals surface area contributed by atoms with Gasteiger partial charge in [-0.3, -0.25) is 9.69 Å². The Hall–Kier alpha value is -0.810. The summed E-state index contributed by atoms with van der Waals surface area (Å²) in [6.45, 7) is 5.48. The van der Waals surface area contributed by atoms with Crippen molar-refractivity contribution in [1.82, 2.24) is 10.2 Å². The lowest BCUT2D eigenvalue weighted by Gasteiger charge is -2.31. The molecule has 6 heteroatoms. The summed E-state index contributed by atoms with van der Waals surface area (Å²) in [5.74, 6) is 0.775. The molecule has 124 valence electrons. The molecule has 1 aliphatic rings. The van der Waals surface area contributed by atoms with Gasteiger partial charge < -0.3 is 10.6 Å². The van der Waals surface area contributed by atoms with Crippen LogP contribution < -0.4 is 10.6 Å². The molecule has 4 nitrogen and oxygen atoms in total. The highest BCUT2D eigenvalue weighted by molar-refractivity contribution is 6.31. The molecular weight excluding hydrogens is 321 g/mol. The summed E-state index contributed by atoms with van der Waals surface area (Å²) in [5.41, 5.74) is 1.83. The lowest BCUT2D eigenvalue weighted by atomic mass is 9.97. The molecule has 0 aliphatic carbocycles. The molecule has 22 heavy (non-hydrogen) atoms. The van der Waals surface area contributed by atoms with Crippen molar-refractivity contribution in [3.63, 3.8) is 0 Å². The fourth-order valence-electron chi connectivity index (χ4n) is 2.76. The first-order chi connectivity index (χ1) is 10.1. The van der Waals surface area contributed by atoms with Crippen LogP contribution in [0.3, 0.4) is 0 Å². The molecule has 1 aromatic carbocycles. The van der Waals surface area contributed by atoms with Crippen LogP contribution in [0.15, 0.2) is 18.2 Å². The number of amides is 1. The summed E-state index contributed by atoms with van der Waals surface area (Å²) in [7, 11) is 1.99. The van der Waals surface area contributed by atoms with Crippen LogP contribution in [0.1, 0.15) is 18.4 Å². The number of halogens is 2. The molecule has 1 amide bonds. The first-order valence-electron chi connectivity index (χ1n) is 7.51. The highest BCUT2D eigenvalue weighted by Crippen LogP contribution is 2.20. The van der Waals surface area contributed by atoms with Gasteiger partial charge in [-0.2, -0.15) is 0 Å². The van der Waals surface area contributed by atoms with Gasteiger partial charge in [0.2, 0.25) is 5.91 Å². The van der Waals surface area contributed by atoms with E-state index in [2.05, 4.69) is 15.5 Å². The van der Waals surface area contributed by atoms with Crippen LogP contribution in [-0.2, 0) is 4.79 Å². The van der Waals surface area contributed by atoms with Crippen LogP contribution in [0.5, 0.6) is 0 Å². The molecule has 2 N–H and O–H groups in total. The van der Waals surface area contributed by atoms with Gasteiger partial charge in [0.15, 0.2) is 0 Å². The zero-order valence-electron chi connectivity index (χ0n) is 13.2. The van der Waals surface area contributed by atoms with Gasteiger partial charge in [0.05, 0.1) is 6.54 Å². The minimum Gasteiger partial charge on any atom is -0.325 e. The Balaban J connectivity index is 0.00000242. The Kier molecular flexibility index (Phi) is 8.18. The number of rotatable bonds is 5. The van der Waals surface area contributed by atoms with Gasteiger partial charge in [-0.05, 0) is 70.1 Å². The summed E-state index contributed by atoms with van der Waals surface area (Å²) in [6, 6.07) is 5.55. The average Bonchev–Trinajstić information content (AvgIpc) is 2.45. The van der Waals surface area contributed by atoms with Crippen molar-refractivity contribution in [3.8, 4) is 0 Å². The molecule has 0 atom stereocenters. The smallest absolute Gasteiger partial charge is 0.238 e. The highest BCUT2D eigenvalue weighted by atomic mass is 35.5. The fraction of sp³-hybridized carbons (Fsp3) is 0.562. The molecule has 0 saturated carbocycles. The van der Waals surface area contributed by atoms with Gasteiger partial charge in [-0.1, -0.05) is 17.7 Å². The first-order valence-corrected chi connectivity index (χ1v) is 7.89. The van der Waals surface area contributed by atoms with Crippen LogP contribution in [0.2, 0.25) is 5.02 Å². The van der Waals surface area contributed by atoms with Crippen LogP contribution >= 0.6 is 24.0 Å². The number of anilines is 1. The third kappa shape index (κ3) is 5.76. The zero-order valence-corrected chi connectivity index (χ0v) is 14.8. The van der Waals surface area contributed by atoms with Crippen molar-refractivity contribution in [2.75, 3.05) is 38.5 Å². The molecule has 0 spiro atoms. The minimum absolute atomic E-state index is 0. The number of carbonyl (C=O) groups excluding carboxylic acids is 1. The quantitative estimate of drug-likeness (QED) is 0.862. The Morgan fingerprint density at radius 2 is 2.05 bits per heavy atom. The highest BCUT2D eigenvalue weighted by Gasteiger charge is 2.20. The monoisotopic (exact) mass is 345 g/mol. The Labute approximate surface area is 144 Å². The van der Waals surface area contributed by atoms with Gasteiger partial charge in [-0.15, -0.1) is 12.4 Å². The number of likely N-dealkylation sites (tertiary alicyclic amines) is 1. The second-order valence-corrected chi connectivity index (χ2v) is 6.22. The number of nitrogens with one attached hydrogen (secondary N) is 2. The molecule has 1 saturated heterocycles. The second-order valence-electron chi connectivity index (χ2n) is 5.78. The molecule has 1 heterocycles. The summed E-state index contributed by atoms with van der Waals surface area (Å²) < 4.78 is 0. The van der Waals surface area contributed by atoms with Gasteiger partial charge in [0, 0.05) is 10.7 Å². The van der Waals surface area contributed by atoms with Crippen molar-refractivity contribution in [2.24, 2.45) is 5.92 Å². The number of hydrogen-bond acceptors (Lipinski definition) is 3. The number of aryl methyl sites for hydroxylation is 1. The number of carbonyl (C=O) groups is 1. The van der Waals surface area contributed by atoms with E-state index in [1.165, 1.54) is 0 Å². The van der Waals surface area contributed by atoms with E-state index in [4.69, 9.17) is 11.6 Å². The van der Waals surface area contributed by atoms with Crippen molar-refractivity contribution >= 4 is 35.6 Å². The van der Waals surface area contributed by atoms with E-state index in [0.717, 1.165) is 49.6 Å². The third-order valence-corrected chi connectivity index (χ3v) is 4.28. The molecule has 0 bridgehead atoms. The second kappa shape index (κ2) is 9.36. The minimum atomic E-state index is 0. The maximum Gasteiger partial charge on any atom is 0.238 e. The van der Waals surface area contributed by atoms with Gasteiger partial charge in [0.1, 0.15) is 0 Å². The van der Waals surface area contributed by atoms with Crippen molar-refractivity contribution in [2.45, 2.75) is 19.8 Å². The first kappa shape index (κ1) is 19.2. The van der Waals surface area contributed by atoms with Crippen LogP contribution in [0.4, 0.5) is 5.69 Å². The van der Waals surface area contributed by atoms with Gasteiger partial charge in [-0.25, -0.2) is 0 Å². The number of hydrogen-bond donors (Lipinski definition) is 2. The normalized spacial score (nSPS) is 16.1. The Morgan fingerprint density at radius 3 is 2.68 bits per heavy atom. The predicted octanol–water partition coefficient (Wildman–Crippen LogP) is 2.94. The lowest BCUT2D eigenvalue weighted by molar-refractivity contribution is -0.117. The van der Waals surface area contributed by atoms with Gasteiger partial charge >= 0.3 is 0 Å². The molecule has 0 unspecified atom stereocenters. The van der Waals surface area contributed by atoms with E-state index in [1.54, 1.807) is 6.07 Å². The summed E-state index contributed by atoms with van der Waals surface area (Å²) in [6.07, 6.45) is 2.31. The maximum absolute atomic E-state index is 12.1.